The van der Waals surface area contributed by atoms with Crippen molar-refractivity contribution in [1.29, 1.82) is 0 Å². The number of anilines is 2. The van der Waals surface area contributed by atoms with E-state index in [-0.39, 0.29) is 0 Å². The molecule has 1 aromatic carbocycles. The lowest BCUT2D eigenvalue weighted by molar-refractivity contribution is 0.278. The number of nitrogens with one attached hydrogen (secondary N) is 1. The molecule has 1 aliphatic rings. The second-order valence-corrected chi connectivity index (χ2v) is 5.71. The zero-order valence-corrected chi connectivity index (χ0v) is 11.7. The molecule has 0 heterocycles. The molecule has 0 aromatic heterocycles. The van der Waals surface area contributed by atoms with Gasteiger partial charge in [0.05, 0.1) is 11.4 Å². The molecule has 2 nitrogen and oxygen atoms in total. The number of benzene rings is 1. The second-order valence-electron chi connectivity index (χ2n) is 5.71. The summed E-state index contributed by atoms with van der Waals surface area (Å²) in [4.78, 5) is 0. The fourth-order valence-electron chi connectivity index (χ4n) is 2.93. The van der Waals surface area contributed by atoms with Crippen molar-refractivity contribution in [3.8, 4) is 0 Å². The lowest BCUT2D eigenvalue weighted by Crippen LogP contribution is -2.21. The van der Waals surface area contributed by atoms with Gasteiger partial charge in [0, 0.05) is 6.54 Å². The smallest absolute Gasteiger partial charge is 0.0579 e. The Labute approximate surface area is 111 Å². The summed E-state index contributed by atoms with van der Waals surface area (Å²) in [5, 5.41) is 3.53. The third kappa shape index (κ3) is 3.18. The van der Waals surface area contributed by atoms with Gasteiger partial charge in [0.1, 0.15) is 0 Å². The van der Waals surface area contributed by atoms with Crippen LogP contribution in [0.15, 0.2) is 18.2 Å². The van der Waals surface area contributed by atoms with Crippen molar-refractivity contribution in [2.24, 2.45) is 11.8 Å². The van der Waals surface area contributed by atoms with E-state index < -0.39 is 0 Å². The highest BCUT2D eigenvalue weighted by Gasteiger charge is 2.19. The van der Waals surface area contributed by atoms with Crippen LogP contribution < -0.4 is 11.1 Å². The fraction of sp³-hybridized carbons (Fsp3) is 0.625. The predicted octanol–water partition coefficient (Wildman–Crippen LogP) is 4.21. The van der Waals surface area contributed by atoms with E-state index in [2.05, 4.69) is 37.4 Å². The van der Waals surface area contributed by atoms with Crippen molar-refractivity contribution in [2.45, 2.75) is 46.0 Å². The van der Waals surface area contributed by atoms with E-state index in [1.165, 1.54) is 32.1 Å². The van der Waals surface area contributed by atoms with E-state index in [9.17, 15) is 0 Å². The molecule has 1 saturated carbocycles. The number of rotatable bonds is 4. The van der Waals surface area contributed by atoms with Crippen LogP contribution >= 0.6 is 0 Å². The first-order valence-corrected chi connectivity index (χ1v) is 7.29. The van der Waals surface area contributed by atoms with E-state index in [0.29, 0.717) is 0 Å². The molecule has 3 N–H and O–H groups in total. The summed E-state index contributed by atoms with van der Waals surface area (Å²) >= 11 is 0. The van der Waals surface area contributed by atoms with Crippen LogP contribution in [0.5, 0.6) is 0 Å². The highest BCUT2D eigenvalue weighted by atomic mass is 14.9. The Balaban J connectivity index is 1.83. The van der Waals surface area contributed by atoms with Gasteiger partial charge in [-0.3, -0.25) is 0 Å². The zero-order valence-electron chi connectivity index (χ0n) is 11.7. The Bertz CT molecular complexity index is 379. The van der Waals surface area contributed by atoms with Crippen molar-refractivity contribution in [1.82, 2.24) is 0 Å². The van der Waals surface area contributed by atoms with Gasteiger partial charge in [-0.1, -0.05) is 38.3 Å². The molecule has 2 heteroatoms. The van der Waals surface area contributed by atoms with Crippen molar-refractivity contribution < 1.29 is 0 Å². The maximum atomic E-state index is 6.08. The summed E-state index contributed by atoms with van der Waals surface area (Å²) in [6, 6.07) is 6.22. The first-order valence-electron chi connectivity index (χ1n) is 7.29. The summed E-state index contributed by atoms with van der Waals surface area (Å²) in [7, 11) is 0. The predicted molar refractivity (Wildman–Crippen MR) is 79.8 cm³/mol. The van der Waals surface area contributed by atoms with Crippen molar-refractivity contribution >= 4 is 11.4 Å². The Morgan fingerprint density at radius 3 is 2.50 bits per heavy atom. The monoisotopic (exact) mass is 246 g/mol. The van der Waals surface area contributed by atoms with Crippen LogP contribution in [0.1, 0.15) is 44.6 Å². The lowest BCUT2D eigenvalue weighted by atomic mass is 9.81. The third-order valence-electron chi connectivity index (χ3n) is 4.45. The molecular weight excluding hydrogens is 220 g/mol. The molecule has 0 aliphatic heterocycles. The second kappa shape index (κ2) is 6.12. The SMILES string of the molecule is CCC1CCC(CNc2cccc(C)c2N)CC1. The number of nitrogen functional groups attached to an aromatic ring is 1. The van der Waals surface area contributed by atoms with Gasteiger partial charge in [-0.15, -0.1) is 0 Å². The number of para-hydroxylation sites is 1. The van der Waals surface area contributed by atoms with E-state index in [1.54, 1.807) is 0 Å². The lowest BCUT2D eigenvalue weighted by Gasteiger charge is -2.28. The van der Waals surface area contributed by atoms with Crippen LogP contribution in [0.4, 0.5) is 11.4 Å². The van der Waals surface area contributed by atoms with Crippen LogP contribution in [0.2, 0.25) is 0 Å². The molecule has 0 spiro atoms. The molecule has 100 valence electrons. The molecule has 0 atom stereocenters. The highest BCUT2D eigenvalue weighted by Crippen LogP contribution is 2.31. The van der Waals surface area contributed by atoms with E-state index in [0.717, 1.165) is 35.3 Å². The number of hydrogen-bond acceptors (Lipinski definition) is 2. The molecule has 18 heavy (non-hydrogen) atoms. The molecular formula is C16H26N2. The number of hydrogen-bond donors (Lipinski definition) is 2. The minimum atomic E-state index is 0.827. The van der Waals surface area contributed by atoms with Gasteiger partial charge < -0.3 is 11.1 Å². The highest BCUT2D eigenvalue weighted by molar-refractivity contribution is 5.69. The summed E-state index contributed by atoms with van der Waals surface area (Å²) < 4.78 is 0. The molecule has 0 amide bonds. The Morgan fingerprint density at radius 1 is 1.17 bits per heavy atom. The van der Waals surface area contributed by atoms with Gasteiger partial charge in [0.2, 0.25) is 0 Å². The molecule has 0 unspecified atom stereocenters. The summed E-state index contributed by atoms with van der Waals surface area (Å²) in [5.41, 5.74) is 9.25. The molecule has 0 bridgehead atoms. The maximum absolute atomic E-state index is 6.08. The normalized spacial score (nSPS) is 23.9. The number of aryl methyl sites for hydroxylation is 1. The van der Waals surface area contributed by atoms with E-state index >= 15 is 0 Å². The minimum absolute atomic E-state index is 0.827. The van der Waals surface area contributed by atoms with Crippen molar-refractivity contribution in [2.75, 3.05) is 17.6 Å². The standard InChI is InChI=1S/C16H26N2/c1-3-13-7-9-14(10-8-13)11-18-15-6-4-5-12(2)16(15)17/h4-6,13-14,18H,3,7-11,17H2,1-2H3. The van der Waals surface area contributed by atoms with E-state index in [4.69, 9.17) is 5.73 Å². The molecule has 1 fully saturated rings. The zero-order chi connectivity index (χ0) is 13.0. The molecule has 0 saturated heterocycles. The van der Waals surface area contributed by atoms with Crippen LogP contribution in [0, 0.1) is 18.8 Å². The molecule has 0 radical (unpaired) electrons. The minimum Gasteiger partial charge on any atom is -0.397 e. The largest absolute Gasteiger partial charge is 0.397 e. The summed E-state index contributed by atoms with van der Waals surface area (Å²) in [5.74, 6) is 1.80. The summed E-state index contributed by atoms with van der Waals surface area (Å²) in [6.45, 7) is 5.45. The summed E-state index contributed by atoms with van der Waals surface area (Å²) in [6.07, 6.45) is 6.91. The molecule has 2 rings (SSSR count). The van der Waals surface area contributed by atoms with Gasteiger partial charge in [-0.2, -0.15) is 0 Å². The fourth-order valence-corrected chi connectivity index (χ4v) is 2.93. The Hall–Kier alpha value is -1.18. The third-order valence-corrected chi connectivity index (χ3v) is 4.45. The van der Waals surface area contributed by atoms with Crippen molar-refractivity contribution in [3.05, 3.63) is 23.8 Å². The average Bonchev–Trinajstić information content (AvgIpc) is 2.41. The van der Waals surface area contributed by atoms with Crippen LogP contribution in [-0.2, 0) is 0 Å². The van der Waals surface area contributed by atoms with Gasteiger partial charge in [-0.05, 0) is 43.2 Å². The van der Waals surface area contributed by atoms with Crippen LogP contribution in [0.3, 0.4) is 0 Å². The average molecular weight is 246 g/mol. The van der Waals surface area contributed by atoms with E-state index in [1.807, 2.05) is 0 Å². The quantitative estimate of drug-likeness (QED) is 0.781. The first-order chi connectivity index (χ1) is 8.70. The van der Waals surface area contributed by atoms with Crippen LogP contribution in [0.25, 0.3) is 0 Å². The Kier molecular flexibility index (Phi) is 4.51. The Morgan fingerprint density at radius 2 is 1.83 bits per heavy atom. The van der Waals surface area contributed by atoms with Crippen LogP contribution in [-0.4, -0.2) is 6.54 Å². The van der Waals surface area contributed by atoms with Gasteiger partial charge in [0.25, 0.3) is 0 Å². The maximum Gasteiger partial charge on any atom is 0.0579 e. The number of nitrogens with two attached hydrogens (primary N) is 1. The molecule has 1 aliphatic carbocycles. The topological polar surface area (TPSA) is 38.0 Å². The van der Waals surface area contributed by atoms with Crippen molar-refractivity contribution in [3.63, 3.8) is 0 Å². The van der Waals surface area contributed by atoms with Gasteiger partial charge in [0.15, 0.2) is 0 Å². The van der Waals surface area contributed by atoms with Gasteiger partial charge >= 0.3 is 0 Å². The van der Waals surface area contributed by atoms with Gasteiger partial charge in [-0.25, -0.2) is 0 Å². The first kappa shape index (κ1) is 13.3. The molecule has 1 aromatic rings.